The number of carbonyl (C=O) groups is 4. The van der Waals surface area contributed by atoms with Crippen LogP contribution < -0.4 is 20.1 Å². The molecule has 2 aliphatic heterocycles. The average Bonchev–Trinajstić information content (AvgIpc) is 2.80. The Morgan fingerprint density at radius 1 is 0.727 bits per heavy atom. The van der Waals surface area contributed by atoms with Crippen molar-refractivity contribution in [2.75, 3.05) is 23.8 Å². The van der Waals surface area contributed by atoms with Crippen molar-refractivity contribution >= 4 is 35.1 Å². The molecule has 0 spiro atoms. The van der Waals surface area contributed by atoms with Crippen molar-refractivity contribution in [2.24, 2.45) is 0 Å². The maximum atomic E-state index is 12.1. The van der Waals surface area contributed by atoms with E-state index in [0.29, 0.717) is 22.9 Å². The van der Waals surface area contributed by atoms with Gasteiger partial charge in [0.1, 0.15) is 11.5 Å². The van der Waals surface area contributed by atoms with Crippen LogP contribution in [0.15, 0.2) is 48.5 Å². The van der Waals surface area contributed by atoms with Crippen LogP contribution in [0.4, 0.5) is 11.4 Å². The zero-order valence-corrected chi connectivity index (χ0v) is 17.6. The van der Waals surface area contributed by atoms with E-state index in [0.717, 1.165) is 0 Å². The standard InChI is InChI=1S/C23H22N2O8/c26-20(12-18-22(28)24-14-6-1-3-8-16(14)32-18)30-10-5-11-31-21(27)13-19-23(29)25-15-7-2-4-9-17(15)33-19/h1-4,6-9,18-19H,5,10-13H2,(H,24,28)(H,25,29). The molecule has 0 radical (unpaired) electrons. The van der Waals surface area contributed by atoms with E-state index in [1.165, 1.54) is 0 Å². The van der Waals surface area contributed by atoms with E-state index in [9.17, 15) is 19.2 Å². The zero-order valence-electron chi connectivity index (χ0n) is 17.6. The molecule has 2 N–H and O–H groups in total. The summed E-state index contributed by atoms with van der Waals surface area (Å²) in [5.41, 5.74) is 1.10. The van der Waals surface area contributed by atoms with Crippen molar-refractivity contribution in [1.82, 2.24) is 0 Å². The van der Waals surface area contributed by atoms with Crippen molar-refractivity contribution < 1.29 is 38.1 Å². The first-order chi connectivity index (χ1) is 16.0. The molecule has 2 amide bonds. The van der Waals surface area contributed by atoms with Crippen molar-refractivity contribution in [3.63, 3.8) is 0 Å². The van der Waals surface area contributed by atoms with Crippen LogP contribution >= 0.6 is 0 Å². The minimum Gasteiger partial charge on any atom is -0.478 e. The Morgan fingerprint density at radius 2 is 1.15 bits per heavy atom. The van der Waals surface area contributed by atoms with Gasteiger partial charge < -0.3 is 29.6 Å². The molecular formula is C23H22N2O8. The number of rotatable bonds is 8. The van der Waals surface area contributed by atoms with Gasteiger partial charge in [-0.05, 0) is 24.3 Å². The molecule has 0 bridgehead atoms. The number of fused-ring (bicyclic) bond motifs is 2. The minimum absolute atomic E-state index is 0.00479. The van der Waals surface area contributed by atoms with Gasteiger partial charge in [-0.1, -0.05) is 24.3 Å². The Morgan fingerprint density at radius 3 is 1.61 bits per heavy atom. The summed E-state index contributed by atoms with van der Waals surface area (Å²) in [6.45, 7) is 0.00958. The second kappa shape index (κ2) is 10.0. The summed E-state index contributed by atoms with van der Waals surface area (Å²) in [4.78, 5) is 48.1. The van der Waals surface area contributed by atoms with Crippen molar-refractivity contribution in [2.45, 2.75) is 31.5 Å². The molecule has 4 rings (SSSR count). The molecule has 2 aromatic carbocycles. The van der Waals surface area contributed by atoms with Gasteiger partial charge in [-0.15, -0.1) is 0 Å². The number of esters is 2. The lowest BCUT2D eigenvalue weighted by Crippen LogP contribution is -2.39. The average molecular weight is 454 g/mol. The monoisotopic (exact) mass is 454 g/mol. The van der Waals surface area contributed by atoms with Crippen LogP contribution in [0, 0.1) is 0 Å². The Balaban J connectivity index is 1.12. The zero-order chi connectivity index (χ0) is 23.2. The third kappa shape index (κ3) is 5.59. The lowest BCUT2D eigenvalue weighted by atomic mass is 10.1. The van der Waals surface area contributed by atoms with Crippen LogP contribution in [0.25, 0.3) is 0 Å². The fourth-order valence-corrected chi connectivity index (χ4v) is 3.31. The highest BCUT2D eigenvalue weighted by atomic mass is 16.6. The van der Waals surface area contributed by atoms with Gasteiger partial charge in [-0.2, -0.15) is 0 Å². The predicted octanol–water partition coefficient (Wildman–Crippen LogP) is 2.04. The third-order valence-electron chi connectivity index (χ3n) is 4.93. The van der Waals surface area contributed by atoms with E-state index in [1.54, 1.807) is 48.5 Å². The van der Waals surface area contributed by atoms with Gasteiger partial charge in [0.25, 0.3) is 11.8 Å². The molecule has 33 heavy (non-hydrogen) atoms. The first kappa shape index (κ1) is 22.1. The van der Waals surface area contributed by atoms with Crippen LogP contribution in [0.1, 0.15) is 19.3 Å². The van der Waals surface area contributed by atoms with Gasteiger partial charge in [-0.25, -0.2) is 0 Å². The number of anilines is 2. The molecule has 2 aliphatic rings. The van der Waals surface area contributed by atoms with Gasteiger partial charge in [0.05, 0.1) is 37.4 Å². The second-order valence-corrected chi connectivity index (χ2v) is 7.39. The Labute approximate surface area is 189 Å². The largest absolute Gasteiger partial charge is 0.478 e. The Bertz CT molecular complexity index is 986. The van der Waals surface area contributed by atoms with Crippen LogP contribution in [0.2, 0.25) is 0 Å². The third-order valence-corrected chi connectivity index (χ3v) is 4.93. The second-order valence-electron chi connectivity index (χ2n) is 7.39. The van der Waals surface area contributed by atoms with E-state index >= 15 is 0 Å². The van der Waals surface area contributed by atoms with Crippen LogP contribution in [-0.4, -0.2) is 49.2 Å². The fraction of sp³-hybridized carbons (Fsp3) is 0.304. The predicted molar refractivity (Wildman–Crippen MR) is 115 cm³/mol. The maximum Gasteiger partial charge on any atom is 0.310 e. The summed E-state index contributed by atoms with van der Waals surface area (Å²) in [6, 6.07) is 13.9. The summed E-state index contributed by atoms with van der Waals surface area (Å²) in [5, 5.41) is 5.36. The van der Waals surface area contributed by atoms with E-state index in [2.05, 4.69) is 10.6 Å². The van der Waals surface area contributed by atoms with Gasteiger partial charge in [-0.3, -0.25) is 19.2 Å². The van der Waals surface area contributed by atoms with Crippen LogP contribution in [0.5, 0.6) is 11.5 Å². The molecule has 0 aliphatic carbocycles. The summed E-state index contributed by atoms with van der Waals surface area (Å²) in [7, 11) is 0. The van der Waals surface area contributed by atoms with E-state index in [1.807, 2.05) is 0 Å². The molecule has 172 valence electrons. The first-order valence-corrected chi connectivity index (χ1v) is 10.4. The van der Waals surface area contributed by atoms with Gasteiger partial charge in [0.2, 0.25) is 0 Å². The lowest BCUT2D eigenvalue weighted by molar-refractivity contribution is -0.150. The number of carbonyl (C=O) groups excluding carboxylic acids is 4. The summed E-state index contributed by atoms with van der Waals surface area (Å²) < 4.78 is 21.3. The number of benzene rings is 2. The lowest BCUT2D eigenvalue weighted by Gasteiger charge is -2.25. The molecule has 0 fully saturated rings. The van der Waals surface area contributed by atoms with Gasteiger partial charge in [0.15, 0.2) is 12.2 Å². The molecular weight excluding hydrogens is 432 g/mol. The van der Waals surface area contributed by atoms with Crippen molar-refractivity contribution in [3.8, 4) is 11.5 Å². The SMILES string of the molecule is O=C(CC1Oc2ccccc2NC1=O)OCCCOC(=O)CC1Oc2ccccc2NC1=O. The fourth-order valence-electron chi connectivity index (χ4n) is 3.31. The van der Waals surface area contributed by atoms with Gasteiger partial charge in [0, 0.05) is 6.42 Å². The summed E-state index contributed by atoms with van der Waals surface area (Å²) in [6.07, 6.45) is -2.17. The Hall–Kier alpha value is -4.08. The first-order valence-electron chi connectivity index (χ1n) is 10.4. The number of hydrogen-bond donors (Lipinski definition) is 2. The highest BCUT2D eigenvalue weighted by Crippen LogP contribution is 2.30. The number of hydrogen-bond acceptors (Lipinski definition) is 8. The van der Waals surface area contributed by atoms with Crippen LogP contribution in [0.3, 0.4) is 0 Å². The highest BCUT2D eigenvalue weighted by molar-refractivity contribution is 6.00. The van der Waals surface area contributed by atoms with Crippen LogP contribution in [-0.2, 0) is 28.7 Å². The van der Waals surface area contributed by atoms with E-state index in [-0.39, 0.29) is 32.5 Å². The quantitative estimate of drug-likeness (QED) is 0.458. The highest BCUT2D eigenvalue weighted by Gasteiger charge is 2.31. The number of para-hydroxylation sites is 4. The normalized spacial score (nSPS) is 18.4. The molecule has 2 aromatic rings. The van der Waals surface area contributed by atoms with E-state index < -0.39 is 36.0 Å². The molecule has 10 nitrogen and oxygen atoms in total. The summed E-state index contributed by atoms with van der Waals surface area (Å²) in [5.74, 6) is -1.08. The Kier molecular flexibility index (Phi) is 6.72. The summed E-state index contributed by atoms with van der Waals surface area (Å²) >= 11 is 0. The molecule has 0 saturated heterocycles. The number of amides is 2. The smallest absolute Gasteiger partial charge is 0.310 e. The molecule has 2 atom stereocenters. The maximum absolute atomic E-state index is 12.1. The van der Waals surface area contributed by atoms with Crippen molar-refractivity contribution in [1.29, 1.82) is 0 Å². The van der Waals surface area contributed by atoms with E-state index in [4.69, 9.17) is 18.9 Å². The molecule has 0 saturated carbocycles. The van der Waals surface area contributed by atoms with Crippen molar-refractivity contribution in [3.05, 3.63) is 48.5 Å². The van der Waals surface area contributed by atoms with Gasteiger partial charge >= 0.3 is 11.9 Å². The molecule has 2 heterocycles. The molecule has 10 heteroatoms. The number of nitrogens with one attached hydrogen (secondary N) is 2. The molecule has 2 unspecified atom stereocenters. The number of ether oxygens (including phenoxy) is 4. The minimum atomic E-state index is -0.975. The topological polar surface area (TPSA) is 129 Å². The molecule has 0 aromatic heterocycles.